The van der Waals surface area contributed by atoms with Crippen LogP contribution in [-0.4, -0.2) is 12.5 Å². The first-order chi connectivity index (χ1) is 7.13. The normalized spacial score (nSPS) is 10.1. The molecule has 0 aliphatic carbocycles. The molecule has 0 aliphatic heterocycles. The van der Waals surface area contributed by atoms with Crippen LogP contribution in [0.2, 0.25) is 5.02 Å². The Hall–Kier alpha value is -0.330. The van der Waals surface area contributed by atoms with Crippen LogP contribution < -0.4 is 11.1 Å². The van der Waals surface area contributed by atoms with Crippen LogP contribution in [-0.2, 0) is 4.79 Å². The number of hydrogen-bond donors (Lipinski definition) is 2. The minimum Gasteiger partial charge on any atom is -0.330 e. The van der Waals surface area contributed by atoms with E-state index >= 15 is 0 Å². The lowest BCUT2D eigenvalue weighted by Crippen LogP contribution is -2.14. The van der Waals surface area contributed by atoms with E-state index < -0.39 is 0 Å². The molecule has 0 saturated carbocycles. The van der Waals surface area contributed by atoms with Crippen molar-refractivity contribution in [3.8, 4) is 0 Å². The number of anilines is 1. The second-order valence-corrected chi connectivity index (χ2v) is 4.66. The average Bonchev–Trinajstić information content (AvgIpc) is 2.19. The van der Waals surface area contributed by atoms with E-state index in [0.29, 0.717) is 24.4 Å². The van der Waals surface area contributed by atoms with Gasteiger partial charge in [-0.1, -0.05) is 11.6 Å². The number of nitrogens with two attached hydrogens (primary N) is 1. The molecule has 15 heavy (non-hydrogen) atoms. The molecule has 1 rings (SSSR count). The topological polar surface area (TPSA) is 55.1 Å². The van der Waals surface area contributed by atoms with Crippen LogP contribution in [0.1, 0.15) is 12.8 Å². The third-order valence-corrected chi connectivity index (χ3v) is 2.94. The molecule has 0 aromatic heterocycles. The van der Waals surface area contributed by atoms with E-state index in [9.17, 15) is 4.79 Å². The Morgan fingerprint density at radius 3 is 2.87 bits per heavy atom. The van der Waals surface area contributed by atoms with Crippen LogP contribution in [0.5, 0.6) is 0 Å². The summed E-state index contributed by atoms with van der Waals surface area (Å²) in [5.74, 6) is -0.0133. The molecule has 0 unspecified atom stereocenters. The van der Waals surface area contributed by atoms with Gasteiger partial charge < -0.3 is 11.1 Å². The molecule has 1 aromatic carbocycles. The van der Waals surface area contributed by atoms with Gasteiger partial charge in [-0.05, 0) is 53.8 Å². The molecular formula is C10H12ClIN2O. The first kappa shape index (κ1) is 12.7. The number of hydrogen-bond acceptors (Lipinski definition) is 2. The lowest BCUT2D eigenvalue weighted by molar-refractivity contribution is -0.116. The summed E-state index contributed by atoms with van der Waals surface area (Å²) >= 11 is 7.94. The Morgan fingerprint density at radius 1 is 1.53 bits per heavy atom. The van der Waals surface area contributed by atoms with Crippen LogP contribution in [0.25, 0.3) is 0 Å². The van der Waals surface area contributed by atoms with E-state index in [1.165, 1.54) is 0 Å². The van der Waals surface area contributed by atoms with E-state index in [0.717, 1.165) is 9.26 Å². The van der Waals surface area contributed by atoms with E-state index in [1.54, 1.807) is 18.2 Å². The van der Waals surface area contributed by atoms with Crippen molar-refractivity contribution in [2.45, 2.75) is 12.8 Å². The molecule has 0 aliphatic rings. The Morgan fingerprint density at radius 2 is 2.27 bits per heavy atom. The monoisotopic (exact) mass is 338 g/mol. The molecule has 3 nitrogen and oxygen atoms in total. The van der Waals surface area contributed by atoms with Crippen molar-refractivity contribution in [3.05, 3.63) is 26.8 Å². The van der Waals surface area contributed by atoms with Gasteiger partial charge in [-0.3, -0.25) is 4.79 Å². The molecule has 0 spiro atoms. The van der Waals surface area contributed by atoms with Crippen LogP contribution >= 0.6 is 34.2 Å². The summed E-state index contributed by atoms with van der Waals surface area (Å²) in [7, 11) is 0. The van der Waals surface area contributed by atoms with Gasteiger partial charge in [0.2, 0.25) is 5.91 Å². The zero-order chi connectivity index (χ0) is 11.3. The zero-order valence-electron chi connectivity index (χ0n) is 8.09. The SMILES string of the molecule is NCCCC(=O)Nc1ccc(Cl)cc1I. The predicted octanol–water partition coefficient (Wildman–Crippen LogP) is 2.62. The highest BCUT2D eigenvalue weighted by molar-refractivity contribution is 14.1. The number of amides is 1. The molecule has 82 valence electrons. The second kappa shape index (κ2) is 6.30. The summed E-state index contributed by atoms with van der Waals surface area (Å²) in [4.78, 5) is 11.4. The molecule has 5 heteroatoms. The number of carbonyl (C=O) groups excluding carboxylic acids is 1. The second-order valence-electron chi connectivity index (χ2n) is 3.06. The average molecular weight is 339 g/mol. The molecular weight excluding hydrogens is 326 g/mol. The van der Waals surface area contributed by atoms with Crippen molar-refractivity contribution < 1.29 is 4.79 Å². The predicted molar refractivity (Wildman–Crippen MR) is 71.1 cm³/mol. The molecule has 0 fully saturated rings. The summed E-state index contributed by atoms with van der Waals surface area (Å²) in [6, 6.07) is 5.35. The Balaban J connectivity index is 2.60. The molecule has 1 amide bonds. The van der Waals surface area contributed by atoms with Crippen molar-refractivity contribution in [2.24, 2.45) is 5.73 Å². The minimum atomic E-state index is -0.0133. The van der Waals surface area contributed by atoms with Crippen molar-refractivity contribution in [1.29, 1.82) is 0 Å². The highest BCUT2D eigenvalue weighted by Gasteiger charge is 2.05. The molecule has 0 heterocycles. The summed E-state index contributed by atoms with van der Waals surface area (Å²) in [5, 5.41) is 3.48. The molecule has 0 saturated heterocycles. The van der Waals surface area contributed by atoms with Gasteiger partial charge in [-0.2, -0.15) is 0 Å². The Bertz CT molecular complexity index is 357. The van der Waals surface area contributed by atoms with Crippen molar-refractivity contribution >= 4 is 45.8 Å². The van der Waals surface area contributed by atoms with E-state index in [2.05, 4.69) is 27.9 Å². The number of benzene rings is 1. The lowest BCUT2D eigenvalue weighted by atomic mass is 10.2. The van der Waals surface area contributed by atoms with Gasteiger partial charge in [-0.25, -0.2) is 0 Å². The van der Waals surface area contributed by atoms with Crippen LogP contribution in [0.3, 0.4) is 0 Å². The van der Waals surface area contributed by atoms with Gasteiger partial charge in [0, 0.05) is 15.0 Å². The van der Waals surface area contributed by atoms with E-state index in [4.69, 9.17) is 17.3 Å². The Kier molecular flexibility index (Phi) is 5.35. The highest BCUT2D eigenvalue weighted by Crippen LogP contribution is 2.22. The maximum absolute atomic E-state index is 11.4. The van der Waals surface area contributed by atoms with Crippen molar-refractivity contribution in [1.82, 2.24) is 0 Å². The molecule has 3 N–H and O–H groups in total. The molecule has 0 atom stereocenters. The van der Waals surface area contributed by atoms with Crippen LogP contribution in [0, 0.1) is 3.57 Å². The van der Waals surface area contributed by atoms with Gasteiger partial charge in [0.25, 0.3) is 0 Å². The van der Waals surface area contributed by atoms with Gasteiger partial charge in [0.15, 0.2) is 0 Å². The quantitative estimate of drug-likeness (QED) is 0.829. The zero-order valence-corrected chi connectivity index (χ0v) is 11.0. The Labute approximate surface area is 108 Å². The summed E-state index contributed by atoms with van der Waals surface area (Å²) in [6.45, 7) is 0.533. The highest BCUT2D eigenvalue weighted by atomic mass is 127. The number of halogens is 2. The number of rotatable bonds is 4. The fourth-order valence-corrected chi connectivity index (χ4v) is 2.07. The van der Waals surface area contributed by atoms with E-state index in [1.807, 2.05) is 0 Å². The summed E-state index contributed by atoms with van der Waals surface area (Å²) in [6.07, 6.45) is 1.16. The first-order valence-corrected chi connectivity index (χ1v) is 6.04. The fraction of sp³-hybridized carbons (Fsp3) is 0.300. The fourth-order valence-electron chi connectivity index (χ4n) is 1.07. The summed E-state index contributed by atoms with van der Waals surface area (Å²) < 4.78 is 0.932. The first-order valence-electron chi connectivity index (χ1n) is 4.58. The maximum atomic E-state index is 11.4. The van der Waals surface area contributed by atoms with Crippen molar-refractivity contribution in [2.75, 3.05) is 11.9 Å². The van der Waals surface area contributed by atoms with Crippen molar-refractivity contribution in [3.63, 3.8) is 0 Å². The standard InChI is InChI=1S/C10H12ClIN2O/c11-7-3-4-9(8(12)6-7)14-10(15)2-1-5-13/h3-4,6H,1-2,5,13H2,(H,14,15). The third kappa shape index (κ3) is 4.36. The van der Waals surface area contributed by atoms with Gasteiger partial charge in [0.05, 0.1) is 5.69 Å². The third-order valence-electron chi connectivity index (χ3n) is 1.81. The molecule has 0 radical (unpaired) electrons. The number of nitrogens with one attached hydrogen (secondary N) is 1. The molecule has 1 aromatic rings. The van der Waals surface area contributed by atoms with Gasteiger partial charge in [0.1, 0.15) is 0 Å². The van der Waals surface area contributed by atoms with Gasteiger partial charge >= 0.3 is 0 Å². The number of carbonyl (C=O) groups is 1. The smallest absolute Gasteiger partial charge is 0.224 e. The maximum Gasteiger partial charge on any atom is 0.224 e. The van der Waals surface area contributed by atoms with E-state index in [-0.39, 0.29) is 5.91 Å². The molecule has 0 bridgehead atoms. The lowest BCUT2D eigenvalue weighted by Gasteiger charge is -2.07. The summed E-state index contributed by atoms with van der Waals surface area (Å²) in [5.41, 5.74) is 6.11. The van der Waals surface area contributed by atoms with Crippen LogP contribution in [0.4, 0.5) is 5.69 Å². The largest absolute Gasteiger partial charge is 0.330 e. The van der Waals surface area contributed by atoms with Gasteiger partial charge in [-0.15, -0.1) is 0 Å². The van der Waals surface area contributed by atoms with Crippen LogP contribution in [0.15, 0.2) is 18.2 Å². The minimum absolute atomic E-state index is 0.0133.